The molecule has 0 aliphatic heterocycles. The van der Waals surface area contributed by atoms with Crippen LogP contribution in [-0.4, -0.2) is 99.4 Å². The van der Waals surface area contributed by atoms with Gasteiger partial charge in [-0.3, -0.25) is 9.78 Å². The molecule has 0 unspecified atom stereocenters. The molecule has 1 heterocycles. The molecule has 0 fully saturated rings. The Labute approximate surface area is 293 Å². The number of rotatable bonds is 17. The molecular weight excluding hydrogens is 675 g/mol. The van der Waals surface area contributed by atoms with E-state index >= 15 is 0 Å². The van der Waals surface area contributed by atoms with Crippen LogP contribution in [0, 0.1) is 0 Å². The molecular formula is C35H40Cl2N4O8. The molecule has 262 valence electrons. The second kappa shape index (κ2) is 17.3. The van der Waals surface area contributed by atoms with Crippen LogP contribution in [0.2, 0.25) is 10.0 Å². The van der Waals surface area contributed by atoms with Crippen molar-refractivity contribution >= 4 is 34.8 Å². The van der Waals surface area contributed by atoms with Gasteiger partial charge in [-0.15, -0.1) is 0 Å². The molecule has 0 radical (unpaired) electrons. The lowest BCUT2D eigenvalue weighted by atomic mass is 9.97. The zero-order chi connectivity index (χ0) is 35.6. The summed E-state index contributed by atoms with van der Waals surface area (Å²) in [6, 6.07) is 19.4. The van der Waals surface area contributed by atoms with Gasteiger partial charge in [0.05, 0.1) is 73.6 Å². The quantitative estimate of drug-likeness (QED) is 0.0780. The number of benzene rings is 3. The van der Waals surface area contributed by atoms with Crippen LogP contribution in [-0.2, 0) is 13.1 Å². The smallest absolute Gasteiger partial charge is 0.274 e. The first-order valence-electron chi connectivity index (χ1n) is 15.3. The number of amides is 1. The number of hydrogen-bond donors (Lipinski definition) is 9. The van der Waals surface area contributed by atoms with Crippen LogP contribution in [0.4, 0.5) is 5.69 Å². The number of aliphatic hydroxyl groups excluding tert-OH is 6. The topological polar surface area (TPSA) is 197 Å². The normalized spacial score (nSPS) is 11.9. The molecule has 4 rings (SSSR count). The molecule has 9 N–H and O–H groups in total. The first-order chi connectivity index (χ1) is 23.6. The Bertz CT molecular complexity index is 1700. The Hall–Kier alpha value is -3.66. The summed E-state index contributed by atoms with van der Waals surface area (Å²) in [6.45, 7) is -2.34. The second-order valence-corrected chi connectivity index (χ2v) is 12.3. The molecule has 4 aromatic rings. The standard InChI is InChI=1S/C35H40Cl2N4O8/c1-49-30-12-23(9-10-24(30)15-40-35(19-45,20-46)21-47)25-4-2-5-26(31(25)36)27-6-3-7-28(32(27)37)41-33(48)29-11-8-22(13-38-29)14-39-34(16-42,17-43)18-44/h2-13,39-40,42-47H,14-21H2,1H3,(H,41,48). The first-order valence-corrected chi connectivity index (χ1v) is 16.0. The highest BCUT2D eigenvalue weighted by Gasteiger charge is 2.28. The number of nitrogens with one attached hydrogen (secondary N) is 3. The van der Waals surface area contributed by atoms with E-state index in [0.717, 1.165) is 11.1 Å². The lowest BCUT2D eigenvalue weighted by molar-refractivity contribution is 0.0410. The van der Waals surface area contributed by atoms with Crippen LogP contribution in [0.25, 0.3) is 22.3 Å². The fourth-order valence-corrected chi connectivity index (χ4v) is 5.53. The summed E-state index contributed by atoms with van der Waals surface area (Å²) in [4.78, 5) is 17.3. The summed E-state index contributed by atoms with van der Waals surface area (Å²) in [5, 5.41) is 66.8. The fraction of sp³-hybridized carbons (Fsp3) is 0.314. The number of nitrogens with zero attached hydrogens (tertiary/aromatic N) is 1. The molecule has 0 spiro atoms. The molecule has 12 nitrogen and oxygen atoms in total. The second-order valence-electron chi connectivity index (χ2n) is 11.6. The minimum absolute atomic E-state index is 0.130. The summed E-state index contributed by atoms with van der Waals surface area (Å²) in [7, 11) is 1.53. The Kier molecular flexibility index (Phi) is 13.5. The predicted molar refractivity (Wildman–Crippen MR) is 188 cm³/mol. The average Bonchev–Trinajstić information content (AvgIpc) is 3.14. The number of aliphatic hydroxyl groups is 6. The highest BCUT2D eigenvalue weighted by atomic mass is 35.5. The summed E-state index contributed by atoms with van der Waals surface area (Å²) < 4.78 is 5.62. The minimum Gasteiger partial charge on any atom is -0.496 e. The van der Waals surface area contributed by atoms with Gasteiger partial charge in [0.25, 0.3) is 5.91 Å². The third-order valence-electron chi connectivity index (χ3n) is 8.33. The molecule has 1 amide bonds. The van der Waals surface area contributed by atoms with Gasteiger partial charge < -0.3 is 51.3 Å². The monoisotopic (exact) mass is 714 g/mol. The van der Waals surface area contributed by atoms with Crippen molar-refractivity contribution in [3.63, 3.8) is 0 Å². The average molecular weight is 716 g/mol. The van der Waals surface area contributed by atoms with Crippen molar-refractivity contribution in [2.75, 3.05) is 52.1 Å². The van der Waals surface area contributed by atoms with E-state index in [2.05, 4.69) is 20.9 Å². The highest BCUT2D eigenvalue weighted by Crippen LogP contribution is 2.42. The maximum atomic E-state index is 13.1. The molecule has 14 heteroatoms. The van der Waals surface area contributed by atoms with Gasteiger partial charge >= 0.3 is 0 Å². The van der Waals surface area contributed by atoms with Crippen LogP contribution in [0.1, 0.15) is 21.6 Å². The lowest BCUT2D eigenvalue weighted by Crippen LogP contribution is -2.54. The molecule has 0 atom stereocenters. The van der Waals surface area contributed by atoms with Crippen molar-refractivity contribution in [3.05, 3.63) is 99.8 Å². The highest BCUT2D eigenvalue weighted by molar-refractivity contribution is 6.39. The molecule has 0 aliphatic carbocycles. The SMILES string of the molecule is COc1cc(-c2cccc(-c3cccc(NC(=O)c4ccc(CNC(CO)(CO)CO)cn4)c3Cl)c2Cl)ccc1CNC(CO)(CO)CO. The van der Waals surface area contributed by atoms with Gasteiger partial charge in [-0.1, -0.05) is 71.7 Å². The molecule has 3 aromatic carbocycles. The van der Waals surface area contributed by atoms with E-state index in [-0.39, 0.29) is 23.8 Å². The Morgan fingerprint density at radius 2 is 1.31 bits per heavy atom. The minimum atomic E-state index is -1.24. The number of ether oxygens (including phenoxy) is 1. The van der Waals surface area contributed by atoms with E-state index in [9.17, 15) is 35.4 Å². The van der Waals surface area contributed by atoms with E-state index in [1.54, 1.807) is 24.3 Å². The summed E-state index contributed by atoms with van der Waals surface area (Å²) in [6.07, 6.45) is 1.48. The van der Waals surface area contributed by atoms with E-state index in [0.29, 0.717) is 38.7 Å². The summed E-state index contributed by atoms with van der Waals surface area (Å²) >= 11 is 13.8. The van der Waals surface area contributed by atoms with Crippen LogP contribution in [0.15, 0.2) is 72.9 Å². The number of carbonyl (C=O) groups excluding carboxylic acids is 1. The number of hydrogen-bond acceptors (Lipinski definition) is 11. The number of pyridine rings is 1. The van der Waals surface area contributed by atoms with Crippen LogP contribution in [0.5, 0.6) is 5.75 Å². The largest absolute Gasteiger partial charge is 0.496 e. The molecule has 0 aliphatic rings. The van der Waals surface area contributed by atoms with E-state index in [4.69, 9.17) is 27.9 Å². The van der Waals surface area contributed by atoms with Crippen molar-refractivity contribution in [1.82, 2.24) is 15.6 Å². The Morgan fingerprint density at radius 3 is 1.88 bits per heavy atom. The number of anilines is 1. The fourth-order valence-electron chi connectivity index (χ4n) is 4.92. The van der Waals surface area contributed by atoms with Crippen molar-refractivity contribution in [2.45, 2.75) is 24.2 Å². The van der Waals surface area contributed by atoms with Gasteiger partial charge in [-0.2, -0.15) is 0 Å². The molecule has 0 saturated carbocycles. The first kappa shape index (κ1) is 38.1. The van der Waals surface area contributed by atoms with E-state index in [1.807, 2.05) is 36.4 Å². The van der Waals surface area contributed by atoms with Gasteiger partial charge in [0.2, 0.25) is 0 Å². The molecule has 49 heavy (non-hydrogen) atoms. The number of methoxy groups -OCH3 is 1. The molecule has 1 aromatic heterocycles. The van der Waals surface area contributed by atoms with Crippen LogP contribution in [0.3, 0.4) is 0 Å². The summed E-state index contributed by atoms with van der Waals surface area (Å²) in [5.74, 6) is 0.0353. The van der Waals surface area contributed by atoms with Crippen molar-refractivity contribution in [2.24, 2.45) is 0 Å². The van der Waals surface area contributed by atoms with Gasteiger partial charge in [0.15, 0.2) is 0 Å². The maximum Gasteiger partial charge on any atom is 0.274 e. The molecule has 0 saturated heterocycles. The zero-order valence-corrected chi connectivity index (χ0v) is 28.3. The van der Waals surface area contributed by atoms with Gasteiger partial charge in [-0.05, 0) is 29.3 Å². The van der Waals surface area contributed by atoms with Crippen LogP contribution < -0.4 is 20.7 Å². The number of carbonyl (C=O) groups is 1. The lowest BCUT2D eigenvalue weighted by Gasteiger charge is -2.29. The van der Waals surface area contributed by atoms with Crippen molar-refractivity contribution in [3.8, 4) is 28.0 Å². The third kappa shape index (κ3) is 8.74. The van der Waals surface area contributed by atoms with E-state index < -0.39 is 56.6 Å². The number of halogens is 2. The van der Waals surface area contributed by atoms with E-state index in [1.165, 1.54) is 19.4 Å². The molecule has 0 bridgehead atoms. The maximum absolute atomic E-state index is 13.1. The Morgan fingerprint density at radius 1 is 0.735 bits per heavy atom. The Balaban J connectivity index is 1.53. The van der Waals surface area contributed by atoms with Gasteiger partial charge in [0.1, 0.15) is 11.4 Å². The third-order valence-corrected chi connectivity index (χ3v) is 9.14. The van der Waals surface area contributed by atoms with Crippen molar-refractivity contribution < 1.29 is 40.2 Å². The predicted octanol–water partition coefficient (Wildman–Crippen LogP) is 2.59. The van der Waals surface area contributed by atoms with Gasteiger partial charge in [0, 0.05) is 41.5 Å². The summed E-state index contributed by atoms with van der Waals surface area (Å²) in [5.41, 5.74) is 2.06. The van der Waals surface area contributed by atoms with Crippen LogP contribution >= 0.6 is 23.2 Å². The van der Waals surface area contributed by atoms with Gasteiger partial charge in [-0.25, -0.2) is 0 Å². The van der Waals surface area contributed by atoms with Crippen molar-refractivity contribution in [1.29, 1.82) is 0 Å². The zero-order valence-electron chi connectivity index (χ0n) is 26.8. The number of aromatic nitrogens is 1.